The van der Waals surface area contributed by atoms with E-state index in [-0.39, 0.29) is 0 Å². The van der Waals surface area contributed by atoms with Crippen molar-refractivity contribution in [2.45, 2.75) is 177 Å². The van der Waals surface area contributed by atoms with Crippen LogP contribution in [0.3, 0.4) is 0 Å². The molecule has 2 heteroatoms. The first kappa shape index (κ1) is 37.9. The first-order valence-electron chi connectivity index (χ1n) is 19.1. The summed E-state index contributed by atoms with van der Waals surface area (Å²) in [6.45, 7) is 41.6. The van der Waals surface area contributed by atoms with Crippen molar-refractivity contribution in [2.75, 3.05) is 0 Å². The highest BCUT2D eigenvalue weighted by molar-refractivity contribution is 7.38. The summed E-state index contributed by atoms with van der Waals surface area (Å²) in [5, 5.41) is 5.42. The summed E-state index contributed by atoms with van der Waals surface area (Å²) in [5.74, 6) is 4.73. The molecule has 0 bridgehead atoms. The molecule has 0 aromatic heterocycles. The maximum Gasteiger partial charge on any atom is -0.0219 e. The van der Waals surface area contributed by atoms with Crippen molar-refractivity contribution < 1.29 is 0 Å². The van der Waals surface area contributed by atoms with Gasteiger partial charge in [-0.05, 0) is 95.0 Å². The summed E-state index contributed by atoms with van der Waals surface area (Å²) in [5.41, 5.74) is 14.5. The Hall–Kier alpha value is -1.91. The van der Waals surface area contributed by atoms with Crippen LogP contribution in [0.15, 0.2) is 36.4 Å². The van der Waals surface area contributed by atoms with E-state index in [1.807, 2.05) is 5.19 Å². The van der Waals surface area contributed by atoms with Gasteiger partial charge >= 0.3 is 0 Å². The third-order valence-corrected chi connectivity index (χ3v) is 20.6. The number of rotatable bonds is 10. The highest BCUT2D eigenvalue weighted by Crippen LogP contribution is 2.37. The standard InChI is InChI=1S/C45H68Si2/c1-25(2)34-18-37(28(7)8)43(38(19-34)29(9)10)46-24-33(17)42-23-36(27(5)6)22-41(32(15)16)45(42)47(46)44-39(30(11)12)20-35(26(3)4)21-40(44)31(13)14/h18-23,25-33H,24H2,1-17H3/q-1. The zero-order chi connectivity index (χ0) is 35.2. The predicted molar refractivity (Wildman–Crippen MR) is 216 cm³/mol. The monoisotopic (exact) mass is 664 g/mol. The minimum absolute atomic E-state index is 0.500. The number of hydrogen-bond acceptors (Lipinski definition) is 0. The van der Waals surface area contributed by atoms with E-state index in [0.29, 0.717) is 53.3 Å². The lowest BCUT2D eigenvalue weighted by Gasteiger charge is -2.53. The van der Waals surface area contributed by atoms with Gasteiger partial charge in [-0.1, -0.05) is 181 Å². The molecule has 0 nitrogen and oxygen atoms in total. The van der Waals surface area contributed by atoms with Gasteiger partial charge in [0.15, 0.2) is 0 Å². The van der Waals surface area contributed by atoms with Crippen molar-refractivity contribution in [1.29, 1.82) is 0 Å². The Morgan fingerprint density at radius 3 is 1.11 bits per heavy atom. The summed E-state index contributed by atoms with van der Waals surface area (Å²) in [4.78, 5) is 0. The molecule has 0 N–H and O–H groups in total. The molecule has 4 rings (SSSR count). The van der Waals surface area contributed by atoms with Crippen LogP contribution < -0.4 is 15.6 Å². The van der Waals surface area contributed by atoms with Crippen LogP contribution in [0.1, 0.15) is 221 Å². The molecule has 0 amide bonds. The first-order chi connectivity index (χ1) is 21.9. The van der Waals surface area contributed by atoms with Crippen molar-refractivity contribution >= 4 is 32.2 Å². The Labute approximate surface area is 294 Å². The molecular weight excluding hydrogens is 597 g/mol. The average Bonchev–Trinajstić information content (AvgIpc) is 2.98. The van der Waals surface area contributed by atoms with Gasteiger partial charge in [0.25, 0.3) is 0 Å². The van der Waals surface area contributed by atoms with E-state index in [2.05, 4.69) is 154 Å². The molecule has 0 saturated heterocycles. The Bertz CT molecular complexity index is 1470. The molecule has 1 heterocycles. The summed E-state index contributed by atoms with van der Waals surface area (Å²) in [6.07, 6.45) is 0. The Balaban J connectivity index is 2.29. The molecule has 0 fully saturated rings. The van der Waals surface area contributed by atoms with E-state index >= 15 is 0 Å². The smallest absolute Gasteiger partial charge is 0.0219 e. The lowest BCUT2D eigenvalue weighted by molar-refractivity contribution is 0.800. The second-order valence-corrected chi connectivity index (χ2v) is 24.3. The van der Waals surface area contributed by atoms with Crippen molar-refractivity contribution in [2.24, 2.45) is 0 Å². The number of hydrogen-bond donors (Lipinski definition) is 0. The molecule has 1 aliphatic rings. The molecule has 1 unspecified atom stereocenters. The molecule has 3 aromatic carbocycles. The quantitative estimate of drug-likeness (QED) is 0.189. The average molecular weight is 665 g/mol. The van der Waals surface area contributed by atoms with Crippen molar-refractivity contribution in [1.82, 2.24) is 0 Å². The molecule has 1 aliphatic heterocycles. The van der Waals surface area contributed by atoms with Crippen LogP contribution >= 0.6 is 0 Å². The molecule has 0 saturated carbocycles. The maximum absolute atomic E-state index is 2.67. The summed E-state index contributed by atoms with van der Waals surface area (Å²) in [7, 11) is -2.15. The van der Waals surface area contributed by atoms with Gasteiger partial charge in [0, 0.05) is 0 Å². The number of fused-ring (bicyclic) bond motifs is 1. The van der Waals surface area contributed by atoms with Gasteiger partial charge in [-0.25, -0.2) is 0 Å². The van der Waals surface area contributed by atoms with Crippen LogP contribution in [0.25, 0.3) is 0 Å². The Morgan fingerprint density at radius 1 is 0.447 bits per heavy atom. The first-order valence-corrected chi connectivity index (χ1v) is 23.3. The topological polar surface area (TPSA) is 0 Å². The highest BCUT2D eigenvalue weighted by Gasteiger charge is 2.35. The zero-order valence-corrected chi connectivity index (χ0v) is 35.4. The van der Waals surface area contributed by atoms with Gasteiger partial charge in [0.05, 0.1) is 0 Å². The van der Waals surface area contributed by atoms with E-state index < -0.39 is 16.6 Å². The molecule has 1 radical (unpaired) electrons. The fourth-order valence-electron chi connectivity index (χ4n) is 7.90. The second kappa shape index (κ2) is 14.9. The number of benzene rings is 3. The predicted octanol–water partition coefficient (Wildman–Crippen LogP) is 11.9. The highest BCUT2D eigenvalue weighted by atomic mass is 29.2. The normalized spacial score (nSPS) is 16.0. The fourth-order valence-corrected chi connectivity index (χ4v) is 20.9. The Kier molecular flexibility index (Phi) is 12.0. The van der Waals surface area contributed by atoms with Crippen LogP contribution in [0.5, 0.6) is 0 Å². The largest absolute Gasteiger partial charge is 0.274 e. The second-order valence-electron chi connectivity index (χ2n) is 17.4. The third-order valence-electron chi connectivity index (χ3n) is 10.9. The van der Waals surface area contributed by atoms with Gasteiger partial charge in [-0.3, -0.25) is 8.31 Å². The van der Waals surface area contributed by atoms with E-state index in [0.717, 1.165) is 0 Å². The van der Waals surface area contributed by atoms with Gasteiger partial charge in [-0.15, -0.1) is 0 Å². The van der Waals surface area contributed by atoms with Gasteiger partial charge in [-0.2, -0.15) is 11.2 Å². The van der Waals surface area contributed by atoms with Crippen molar-refractivity contribution in [3.8, 4) is 0 Å². The van der Waals surface area contributed by atoms with Crippen molar-refractivity contribution in [3.05, 3.63) is 86.5 Å². The third kappa shape index (κ3) is 7.50. The zero-order valence-electron chi connectivity index (χ0n) is 33.4. The van der Waals surface area contributed by atoms with E-state index in [4.69, 9.17) is 0 Å². The van der Waals surface area contributed by atoms with Crippen LogP contribution in [-0.4, -0.2) is 16.6 Å². The van der Waals surface area contributed by atoms with Gasteiger partial charge in [0.1, 0.15) is 0 Å². The summed E-state index contributed by atoms with van der Waals surface area (Å²) >= 11 is 0. The molecule has 1 atom stereocenters. The minimum atomic E-state index is -1.15. The minimum Gasteiger partial charge on any atom is -0.274 e. The molecule has 0 spiro atoms. The lowest BCUT2D eigenvalue weighted by atomic mass is 9.89. The van der Waals surface area contributed by atoms with E-state index in [9.17, 15) is 0 Å². The molecule has 47 heavy (non-hydrogen) atoms. The van der Waals surface area contributed by atoms with E-state index in [1.165, 1.54) is 22.7 Å². The summed E-state index contributed by atoms with van der Waals surface area (Å²) in [6, 6.07) is 17.3. The molecule has 3 aromatic rings. The molecule has 0 aliphatic carbocycles. The molecular formula is C45H68Si2-. The van der Waals surface area contributed by atoms with Gasteiger partial charge < -0.3 is 0 Å². The van der Waals surface area contributed by atoms with Gasteiger partial charge in [0.2, 0.25) is 0 Å². The van der Waals surface area contributed by atoms with Crippen LogP contribution in [0.4, 0.5) is 0 Å². The molecule has 257 valence electrons. The van der Waals surface area contributed by atoms with E-state index in [1.54, 1.807) is 43.8 Å². The SMILES string of the molecule is CC(C)c1cc(C(C)C)c([Si]2c3c(C(C)C)cc(C(C)C)cc3C(C)C[Si-]2c2c(C(C)C)cc(C(C)C)cc2C(C)C)c(C(C)C)c1. The van der Waals surface area contributed by atoms with Crippen LogP contribution in [0, 0.1) is 0 Å². The fraction of sp³-hybridized carbons (Fsp3) is 0.600. The summed E-state index contributed by atoms with van der Waals surface area (Å²) < 4.78 is 0. The Morgan fingerprint density at radius 2 is 0.766 bits per heavy atom. The lowest BCUT2D eigenvalue weighted by Crippen LogP contribution is -2.67. The maximum atomic E-state index is 2.67. The van der Waals surface area contributed by atoms with Crippen molar-refractivity contribution in [3.63, 3.8) is 0 Å². The van der Waals surface area contributed by atoms with Crippen LogP contribution in [0.2, 0.25) is 6.04 Å². The van der Waals surface area contributed by atoms with Crippen LogP contribution in [-0.2, 0) is 0 Å².